The molecule has 0 radical (unpaired) electrons. The zero-order valence-corrected chi connectivity index (χ0v) is 8.84. The van der Waals surface area contributed by atoms with Gasteiger partial charge in [0.05, 0.1) is 18.8 Å². The normalized spacial score (nSPS) is 10.3. The van der Waals surface area contributed by atoms with Crippen molar-refractivity contribution in [3.05, 3.63) is 29.9 Å². The molecule has 0 atom stereocenters. The van der Waals surface area contributed by atoms with Crippen molar-refractivity contribution in [2.24, 2.45) is 0 Å². The molecule has 7 nitrogen and oxygen atoms in total. The van der Waals surface area contributed by atoms with Crippen molar-refractivity contribution in [2.45, 2.75) is 13.1 Å². The van der Waals surface area contributed by atoms with E-state index in [1.54, 1.807) is 6.20 Å². The lowest BCUT2D eigenvalue weighted by Crippen LogP contribution is -2.05. The van der Waals surface area contributed by atoms with E-state index >= 15 is 0 Å². The molecular weight excluding hydrogens is 208 g/mol. The summed E-state index contributed by atoms with van der Waals surface area (Å²) >= 11 is 0. The van der Waals surface area contributed by atoms with Gasteiger partial charge < -0.3 is 15.1 Å². The number of anilines is 1. The van der Waals surface area contributed by atoms with E-state index < -0.39 is 0 Å². The molecule has 0 fully saturated rings. The van der Waals surface area contributed by atoms with Gasteiger partial charge in [0.25, 0.3) is 0 Å². The van der Waals surface area contributed by atoms with Gasteiger partial charge >= 0.3 is 6.01 Å². The SMILES string of the molecule is CNCc1nnc(NCc2cccnn2)o1. The van der Waals surface area contributed by atoms with Gasteiger partial charge in [-0.25, -0.2) is 0 Å². The van der Waals surface area contributed by atoms with Crippen LogP contribution in [0.1, 0.15) is 11.6 Å². The standard InChI is InChI=1S/C9H12N6O/c1-10-6-8-14-15-9(16-8)11-5-7-3-2-4-12-13-7/h2-4,10H,5-6H2,1H3,(H,11,15). The number of hydrogen-bond acceptors (Lipinski definition) is 7. The molecule has 16 heavy (non-hydrogen) atoms. The molecule has 0 aliphatic rings. The fourth-order valence-corrected chi connectivity index (χ4v) is 1.14. The molecule has 0 spiro atoms. The van der Waals surface area contributed by atoms with E-state index in [2.05, 4.69) is 31.0 Å². The molecule has 0 amide bonds. The van der Waals surface area contributed by atoms with Gasteiger partial charge in [-0.15, -0.1) is 5.10 Å². The van der Waals surface area contributed by atoms with Crippen LogP contribution >= 0.6 is 0 Å². The maximum Gasteiger partial charge on any atom is 0.315 e. The van der Waals surface area contributed by atoms with Crippen LogP contribution in [-0.2, 0) is 13.1 Å². The average molecular weight is 220 g/mol. The quantitative estimate of drug-likeness (QED) is 0.743. The highest BCUT2D eigenvalue weighted by atomic mass is 16.4. The predicted octanol–water partition coefficient (Wildman–Crippen LogP) is 0.191. The van der Waals surface area contributed by atoms with Gasteiger partial charge in [-0.3, -0.25) is 0 Å². The Bertz CT molecular complexity index is 429. The lowest BCUT2D eigenvalue weighted by Gasteiger charge is -1.98. The van der Waals surface area contributed by atoms with Crippen molar-refractivity contribution in [3.63, 3.8) is 0 Å². The van der Waals surface area contributed by atoms with Crippen LogP contribution in [0, 0.1) is 0 Å². The molecule has 0 saturated carbocycles. The molecule has 0 aromatic carbocycles. The Morgan fingerprint density at radius 3 is 2.94 bits per heavy atom. The summed E-state index contributed by atoms with van der Waals surface area (Å²) in [5.41, 5.74) is 0.816. The molecule has 7 heteroatoms. The molecule has 0 aliphatic heterocycles. The number of rotatable bonds is 5. The summed E-state index contributed by atoms with van der Waals surface area (Å²) < 4.78 is 5.30. The van der Waals surface area contributed by atoms with Crippen molar-refractivity contribution in [2.75, 3.05) is 12.4 Å². The Labute approximate surface area is 92.3 Å². The molecule has 84 valence electrons. The number of hydrogen-bond donors (Lipinski definition) is 2. The Morgan fingerprint density at radius 2 is 2.19 bits per heavy atom. The van der Waals surface area contributed by atoms with E-state index in [0.717, 1.165) is 5.69 Å². The van der Waals surface area contributed by atoms with Crippen LogP contribution in [0.2, 0.25) is 0 Å². The van der Waals surface area contributed by atoms with Crippen LogP contribution in [-0.4, -0.2) is 27.4 Å². The molecule has 2 N–H and O–H groups in total. The molecule has 0 bridgehead atoms. The van der Waals surface area contributed by atoms with Gasteiger partial charge in [0, 0.05) is 6.20 Å². The average Bonchev–Trinajstić information content (AvgIpc) is 2.76. The summed E-state index contributed by atoms with van der Waals surface area (Å²) in [6.45, 7) is 1.06. The molecular formula is C9H12N6O. The third kappa shape index (κ3) is 2.74. The highest BCUT2D eigenvalue weighted by molar-refractivity contribution is 5.19. The first-order chi connectivity index (χ1) is 7.88. The monoisotopic (exact) mass is 220 g/mol. The first kappa shape index (κ1) is 10.5. The van der Waals surface area contributed by atoms with E-state index in [1.165, 1.54) is 0 Å². The van der Waals surface area contributed by atoms with Crippen LogP contribution in [0.25, 0.3) is 0 Å². The van der Waals surface area contributed by atoms with Crippen LogP contribution < -0.4 is 10.6 Å². The van der Waals surface area contributed by atoms with Gasteiger partial charge in [0.15, 0.2) is 0 Å². The predicted molar refractivity (Wildman–Crippen MR) is 56.4 cm³/mol. The Hall–Kier alpha value is -2.02. The minimum Gasteiger partial charge on any atom is -0.407 e. The Kier molecular flexibility index (Phi) is 3.39. The Balaban J connectivity index is 1.89. The molecule has 2 rings (SSSR count). The summed E-state index contributed by atoms with van der Waals surface area (Å²) in [7, 11) is 1.82. The van der Waals surface area contributed by atoms with E-state index in [-0.39, 0.29) is 0 Å². The molecule has 0 unspecified atom stereocenters. The topological polar surface area (TPSA) is 88.8 Å². The van der Waals surface area contributed by atoms with Crippen molar-refractivity contribution < 1.29 is 4.42 Å². The fourth-order valence-electron chi connectivity index (χ4n) is 1.14. The molecule has 2 aromatic heterocycles. The molecule has 0 saturated heterocycles. The lowest BCUT2D eigenvalue weighted by atomic mass is 10.4. The first-order valence-electron chi connectivity index (χ1n) is 4.86. The maximum absolute atomic E-state index is 5.30. The van der Waals surface area contributed by atoms with Crippen molar-refractivity contribution in [1.29, 1.82) is 0 Å². The molecule has 2 heterocycles. The van der Waals surface area contributed by atoms with Gasteiger partial charge in [-0.2, -0.15) is 10.2 Å². The number of nitrogens with one attached hydrogen (secondary N) is 2. The van der Waals surface area contributed by atoms with Crippen LogP contribution in [0.15, 0.2) is 22.7 Å². The Morgan fingerprint density at radius 1 is 1.25 bits per heavy atom. The zero-order chi connectivity index (χ0) is 11.2. The van der Waals surface area contributed by atoms with Gasteiger partial charge in [0.2, 0.25) is 5.89 Å². The van der Waals surface area contributed by atoms with E-state index in [0.29, 0.717) is 25.0 Å². The van der Waals surface area contributed by atoms with Gasteiger partial charge in [-0.05, 0) is 19.2 Å². The summed E-state index contributed by atoms with van der Waals surface area (Å²) in [4.78, 5) is 0. The second-order valence-electron chi connectivity index (χ2n) is 3.10. The lowest BCUT2D eigenvalue weighted by molar-refractivity contribution is 0.489. The third-order valence-corrected chi connectivity index (χ3v) is 1.84. The smallest absolute Gasteiger partial charge is 0.315 e. The van der Waals surface area contributed by atoms with Gasteiger partial charge in [-0.1, -0.05) is 5.10 Å². The summed E-state index contributed by atoms with van der Waals surface area (Å²) in [6, 6.07) is 4.07. The second-order valence-corrected chi connectivity index (χ2v) is 3.10. The molecule has 0 aliphatic carbocycles. The van der Waals surface area contributed by atoms with E-state index in [4.69, 9.17) is 4.42 Å². The third-order valence-electron chi connectivity index (χ3n) is 1.84. The summed E-state index contributed by atoms with van der Waals surface area (Å²) in [5.74, 6) is 0.546. The van der Waals surface area contributed by atoms with Crippen molar-refractivity contribution in [1.82, 2.24) is 25.7 Å². The van der Waals surface area contributed by atoms with E-state index in [9.17, 15) is 0 Å². The number of aromatic nitrogens is 4. The van der Waals surface area contributed by atoms with Crippen LogP contribution in [0.3, 0.4) is 0 Å². The van der Waals surface area contributed by atoms with Crippen molar-refractivity contribution >= 4 is 6.01 Å². The van der Waals surface area contributed by atoms with Crippen LogP contribution in [0.4, 0.5) is 6.01 Å². The highest BCUT2D eigenvalue weighted by Crippen LogP contribution is 2.06. The fraction of sp³-hybridized carbons (Fsp3) is 0.333. The molecule has 2 aromatic rings. The second kappa shape index (κ2) is 5.17. The summed E-state index contributed by atoms with van der Waals surface area (Å²) in [5, 5.41) is 21.3. The highest BCUT2D eigenvalue weighted by Gasteiger charge is 2.04. The number of nitrogens with zero attached hydrogens (tertiary/aromatic N) is 4. The van der Waals surface area contributed by atoms with Crippen LogP contribution in [0.5, 0.6) is 0 Å². The largest absolute Gasteiger partial charge is 0.407 e. The summed E-state index contributed by atoms with van der Waals surface area (Å²) in [6.07, 6.45) is 1.63. The van der Waals surface area contributed by atoms with Gasteiger partial charge in [0.1, 0.15) is 0 Å². The minimum atomic E-state index is 0.385. The minimum absolute atomic E-state index is 0.385. The maximum atomic E-state index is 5.30. The van der Waals surface area contributed by atoms with Crippen molar-refractivity contribution in [3.8, 4) is 0 Å². The zero-order valence-electron chi connectivity index (χ0n) is 8.84. The van der Waals surface area contributed by atoms with E-state index in [1.807, 2.05) is 19.2 Å². The first-order valence-corrected chi connectivity index (χ1v) is 4.86.